The van der Waals surface area contributed by atoms with Gasteiger partial charge in [-0.15, -0.1) is 0 Å². The largest absolute Gasteiger partial charge is 0.478 e. The first kappa shape index (κ1) is 15.0. The lowest BCUT2D eigenvalue weighted by Gasteiger charge is -2.06. The number of carbonyl (C=O) groups is 2. The highest BCUT2D eigenvalue weighted by Gasteiger charge is 2.06. The number of carboxylic acids is 1. The fourth-order valence-electron chi connectivity index (χ4n) is 1.62. The molecule has 102 valence electrons. The minimum Gasteiger partial charge on any atom is -0.478 e. The van der Waals surface area contributed by atoms with Crippen molar-refractivity contribution in [3.63, 3.8) is 0 Å². The number of carboxylic acid groups (broad SMARTS) is 1. The number of hydrogen-bond donors (Lipinski definition) is 2. The lowest BCUT2D eigenvalue weighted by Crippen LogP contribution is -2.13. The van der Waals surface area contributed by atoms with Crippen molar-refractivity contribution in [2.24, 2.45) is 0 Å². The topological polar surface area (TPSA) is 66.4 Å². The Hall–Kier alpha value is -2.10. The minimum absolute atomic E-state index is 0.169. The molecular formula is C15H19NO3. The Bertz CT molecular complexity index is 475. The van der Waals surface area contributed by atoms with Gasteiger partial charge in [0.15, 0.2) is 0 Å². The molecule has 0 unspecified atom stereocenters. The average Bonchev–Trinajstić information content (AvgIpc) is 2.37. The van der Waals surface area contributed by atoms with E-state index in [4.69, 9.17) is 5.11 Å². The smallest absolute Gasteiger partial charge is 0.328 e. The second-order valence-electron chi connectivity index (χ2n) is 4.42. The molecule has 4 nitrogen and oxygen atoms in total. The van der Waals surface area contributed by atoms with E-state index in [1.807, 2.05) is 24.3 Å². The summed E-state index contributed by atoms with van der Waals surface area (Å²) in [4.78, 5) is 22.1. The second kappa shape index (κ2) is 7.36. The van der Waals surface area contributed by atoms with Crippen molar-refractivity contribution in [3.8, 4) is 0 Å². The Kier molecular flexibility index (Phi) is 5.79. The van der Waals surface area contributed by atoms with E-state index in [0.29, 0.717) is 5.69 Å². The summed E-state index contributed by atoms with van der Waals surface area (Å²) in [7, 11) is 0. The van der Waals surface area contributed by atoms with Crippen LogP contribution in [0.1, 0.15) is 32.3 Å². The van der Waals surface area contributed by atoms with Gasteiger partial charge in [0.2, 0.25) is 0 Å². The Morgan fingerprint density at radius 3 is 2.42 bits per heavy atom. The summed E-state index contributed by atoms with van der Waals surface area (Å²) in [5.74, 6) is -1.52. The zero-order chi connectivity index (χ0) is 14.3. The first-order chi connectivity index (χ1) is 9.02. The molecule has 1 aromatic carbocycles. The number of unbranched alkanes of at least 4 members (excludes halogenated alkanes) is 1. The number of hydrogen-bond acceptors (Lipinski definition) is 2. The predicted molar refractivity (Wildman–Crippen MR) is 75.1 cm³/mol. The van der Waals surface area contributed by atoms with Gasteiger partial charge < -0.3 is 10.4 Å². The molecule has 0 aliphatic heterocycles. The van der Waals surface area contributed by atoms with Crippen molar-refractivity contribution in [2.45, 2.75) is 33.1 Å². The van der Waals surface area contributed by atoms with Gasteiger partial charge in [0.25, 0.3) is 5.91 Å². The number of aryl methyl sites for hydroxylation is 1. The quantitative estimate of drug-likeness (QED) is 0.773. The van der Waals surface area contributed by atoms with Gasteiger partial charge >= 0.3 is 5.97 Å². The number of amides is 1. The van der Waals surface area contributed by atoms with E-state index in [-0.39, 0.29) is 5.57 Å². The van der Waals surface area contributed by atoms with E-state index in [9.17, 15) is 9.59 Å². The van der Waals surface area contributed by atoms with Crippen molar-refractivity contribution in [1.29, 1.82) is 0 Å². The summed E-state index contributed by atoms with van der Waals surface area (Å²) in [6.07, 6.45) is 4.22. The van der Waals surface area contributed by atoms with Crippen LogP contribution in [-0.2, 0) is 16.0 Å². The van der Waals surface area contributed by atoms with E-state index in [1.165, 1.54) is 12.5 Å². The third-order valence-corrected chi connectivity index (χ3v) is 2.73. The number of benzene rings is 1. The van der Waals surface area contributed by atoms with E-state index in [1.54, 1.807) is 0 Å². The number of carbonyl (C=O) groups excluding carboxylic acids is 1. The molecule has 2 N–H and O–H groups in total. The molecule has 0 radical (unpaired) electrons. The van der Waals surface area contributed by atoms with Crippen LogP contribution in [0.2, 0.25) is 0 Å². The molecule has 1 aromatic rings. The Labute approximate surface area is 113 Å². The lowest BCUT2D eigenvalue weighted by molar-refractivity contribution is -0.131. The lowest BCUT2D eigenvalue weighted by atomic mass is 10.1. The van der Waals surface area contributed by atoms with Gasteiger partial charge in [-0.25, -0.2) is 4.79 Å². The van der Waals surface area contributed by atoms with E-state index < -0.39 is 11.9 Å². The van der Waals surface area contributed by atoms with Crippen LogP contribution in [0.4, 0.5) is 5.69 Å². The molecule has 0 aliphatic carbocycles. The number of aliphatic carboxylic acids is 1. The van der Waals surface area contributed by atoms with E-state index >= 15 is 0 Å². The Morgan fingerprint density at radius 2 is 1.89 bits per heavy atom. The maximum Gasteiger partial charge on any atom is 0.328 e. The van der Waals surface area contributed by atoms with Crippen molar-refractivity contribution in [3.05, 3.63) is 41.5 Å². The first-order valence-corrected chi connectivity index (χ1v) is 6.34. The van der Waals surface area contributed by atoms with Gasteiger partial charge in [-0.3, -0.25) is 4.79 Å². The maximum absolute atomic E-state index is 11.7. The highest BCUT2D eigenvalue weighted by atomic mass is 16.4. The molecule has 0 saturated carbocycles. The molecular weight excluding hydrogens is 242 g/mol. The molecule has 0 bridgehead atoms. The van der Waals surface area contributed by atoms with Gasteiger partial charge in [-0.2, -0.15) is 0 Å². The highest BCUT2D eigenvalue weighted by Crippen LogP contribution is 2.12. The van der Waals surface area contributed by atoms with Crippen molar-refractivity contribution < 1.29 is 14.7 Å². The summed E-state index contributed by atoms with van der Waals surface area (Å²) in [5, 5.41) is 11.2. The van der Waals surface area contributed by atoms with Crippen molar-refractivity contribution in [1.82, 2.24) is 0 Å². The molecule has 1 amide bonds. The van der Waals surface area contributed by atoms with Gasteiger partial charge in [-0.1, -0.05) is 25.5 Å². The average molecular weight is 261 g/mol. The fourth-order valence-corrected chi connectivity index (χ4v) is 1.62. The monoisotopic (exact) mass is 261 g/mol. The van der Waals surface area contributed by atoms with Crippen LogP contribution in [0.25, 0.3) is 0 Å². The van der Waals surface area contributed by atoms with Gasteiger partial charge in [-0.05, 0) is 37.5 Å². The van der Waals surface area contributed by atoms with Crippen LogP contribution in [0.15, 0.2) is 35.9 Å². The van der Waals surface area contributed by atoms with Crippen LogP contribution in [0, 0.1) is 0 Å². The standard InChI is InChI=1S/C15H19NO3/c1-3-4-5-12-6-8-13(9-7-12)16-15(19)11(2)10-14(17)18/h6-10H,3-5H2,1-2H3,(H,16,19)(H,17,18)/b11-10+. The summed E-state index contributed by atoms with van der Waals surface area (Å²) in [6, 6.07) is 7.61. The maximum atomic E-state index is 11.7. The van der Waals surface area contributed by atoms with E-state index in [2.05, 4.69) is 12.2 Å². The molecule has 19 heavy (non-hydrogen) atoms. The van der Waals surface area contributed by atoms with E-state index in [0.717, 1.165) is 25.3 Å². The highest BCUT2D eigenvalue weighted by molar-refractivity contribution is 6.06. The molecule has 0 heterocycles. The molecule has 0 atom stereocenters. The Morgan fingerprint density at radius 1 is 1.26 bits per heavy atom. The molecule has 0 spiro atoms. The second-order valence-corrected chi connectivity index (χ2v) is 4.42. The number of rotatable bonds is 6. The van der Waals surface area contributed by atoms with Crippen LogP contribution in [-0.4, -0.2) is 17.0 Å². The summed E-state index contributed by atoms with van der Waals surface area (Å²) in [5.41, 5.74) is 2.07. The van der Waals surface area contributed by atoms with Crippen LogP contribution in [0.3, 0.4) is 0 Å². The van der Waals surface area contributed by atoms with Crippen molar-refractivity contribution in [2.75, 3.05) is 5.32 Å². The molecule has 0 aromatic heterocycles. The van der Waals surface area contributed by atoms with Gasteiger partial charge in [0.05, 0.1) is 0 Å². The Balaban J connectivity index is 2.62. The third-order valence-electron chi connectivity index (χ3n) is 2.73. The molecule has 4 heteroatoms. The number of nitrogens with one attached hydrogen (secondary N) is 1. The minimum atomic E-state index is -1.12. The van der Waals surface area contributed by atoms with Gasteiger partial charge in [0.1, 0.15) is 0 Å². The van der Waals surface area contributed by atoms with Crippen LogP contribution in [0.5, 0.6) is 0 Å². The summed E-state index contributed by atoms with van der Waals surface area (Å²) >= 11 is 0. The first-order valence-electron chi connectivity index (χ1n) is 6.34. The van der Waals surface area contributed by atoms with Crippen LogP contribution >= 0.6 is 0 Å². The SMILES string of the molecule is CCCCc1ccc(NC(=O)/C(C)=C/C(=O)O)cc1. The molecule has 1 rings (SSSR count). The molecule has 0 aliphatic rings. The van der Waals surface area contributed by atoms with Crippen molar-refractivity contribution >= 4 is 17.6 Å². The fraction of sp³-hybridized carbons (Fsp3) is 0.333. The molecule has 0 saturated heterocycles. The zero-order valence-electron chi connectivity index (χ0n) is 11.3. The van der Waals surface area contributed by atoms with Gasteiger partial charge in [0, 0.05) is 17.3 Å². The molecule has 0 fully saturated rings. The third kappa shape index (κ3) is 5.38. The normalized spacial score (nSPS) is 11.2. The predicted octanol–water partition coefficient (Wildman–Crippen LogP) is 3.00. The summed E-state index contributed by atoms with van der Waals surface area (Å²) < 4.78 is 0. The van der Waals surface area contributed by atoms with Crippen LogP contribution < -0.4 is 5.32 Å². The zero-order valence-corrected chi connectivity index (χ0v) is 11.3. The number of anilines is 1. The summed E-state index contributed by atoms with van der Waals surface area (Å²) in [6.45, 7) is 3.62.